The van der Waals surface area contributed by atoms with Gasteiger partial charge in [0.1, 0.15) is 6.04 Å². The van der Waals surface area contributed by atoms with Crippen molar-refractivity contribution in [3.63, 3.8) is 0 Å². The molecule has 1 aromatic rings. The summed E-state index contributed by atoms with van der Waals surface area (Å²) in [7, 11) is 0. The fourth-order valence-corrected chi connectivity index (χ4v) is 1.99. The largest absolute Gasteiger partial charge is 0.352 e. The first-order chi connectivity index (χ1) is 9.45. The zero-order valence-corrected chi connectivity index (χ0v) is 12.4. The zero-order chi connectivity index (χ0) is 15.1. The minimum Gasteiger partial charge on any atom is -0.352 e. The number of rotatable bonds is 6. The lowest BCUT2D eigenvalue weighted by atomic mass is 9.98. The Hall–Kier alpha value is -1.75. The molecule has 20 heavy (non-hydrogen) atoms. The maximum atomic E-state index is 12.1. The zero-order valence-electron chi connectivity index (χ0n) is 11.7. The molecule has 5 nitrogen and oxygen atoms in total. The predicted molar refractivity (Wildman–Crippen MR) is 79.3 cm³/mol. The molecule has 3 amide bonds. The molecule has 110 valence electrons. The van der Waals surface area contributed by atoms with Crippen molar-refractivity contribution in [3.8, 4) is 0 Å². The monoisotopic (exact) mass is 297 g/mol. The summed E-state index contributed by atoms with van der Waals surface area (Å²) in [6.45, 7) is 4.14. The molecule has 0 aliphatic carbocycles. The molecule has 4 N–H and O–H groups in total. The number of urea groups is 1. The molecule has 0 saturated carbocycles. The van der Waals surface area contributed by atoms with Gasteiger partial charge in [0.15, 0.2) is 0 Å². The highest BCUT2D eigenvalue weighted by Crippen LogP contribution is 2.15. The van der Waals surface area contributed by atoms with Crippen LogP contribution in [0.15, 0.2) is 24.3 Å². The van der Waals surface area contributed by atoms with Gasteiger partial charge in [-0.2, -0.15) is 0 Å². The molecular formula is C14H20ClN3O2. The van der Waals surface area contributed by atoms with Crippen LogP contribution in [0.3, 0.4) is 0 Å². The van der Waals surface area contributed by atoms with Crippen molar-refractivity contribution in [2.75, 3.05) is 0 Å². The van der Waals surface area contributed by atoms with E-state index in [1.165, 1.54) is 0 Å². The topological polar surface area (TPSA) is 84.2 Å². The second-order valence-electron chi connectivity index (χ2n) is 4.68. The lowest BCUT2D eigenvalue weighted by Crippen LogP contribution is -2.51. The third kappa shape index (κ3) is 4.74. The average molecular weight is 298 g/mol. The van der Waals surface area contributed by atoms with Gasteiger partial charge in [0, 0.05) is 11.6 Å². The first kappa shape index (κ1) is 16.3. The van der Waals surface area contributed by atoms with Gasteiger partial charge in [-0.15, -0.1) is 0 Å². The van der Waals surface area contributed by atoms with Crippen molar-refractivity contribution in [3.05, 3.63) is 34.9 Å². The van der Waals surface area contributed by atoms with Crippen LogP contribution in [-0.2, 0) is 11.3 Å². The molecule has 6 heteroatoms. The second kappa shape index (κ2) is 7.75. The Bertz CT molecular complexity index is 479. The Morgan fingerprint density at radius 1 is 1.35 bits per heavy atom. The van der Waals surface area contributed by atoms with Gasteiger partial charge in [-0.3, -0.25) is 4.79 Å². The van der Waals surface area contributed by atoms with Crippen LogP contribution in [0.25, 0.3) is 0 Å². The number of benzene rings is 1. The maximum Gasteiger partial charge on any atom is 0.312 e. The van der Waals surface area contributed by atoms with E-state index in [1.807, 2.05) is 32.0 Å². The maximum absolute atomic E-state index is 12.1. The fraction of sp³-hybridized carbons (Fsp3) is 0.429. The summed E-state index contributed by atoms with van der Waals surface area (Å²) in [6, 6.07) is 5.92. The van der Waals surface area contributed by atoms with Gasteiger partial charge in [0.2, 0.25) is 5.91 Å². The Morgan fingerprint density at radius 2 is 2.00 bits per heavy atom. The molecule has 0 saturated heterocycles. The molecule has 1 rings (SSSR count). The van der Waals surface area contributed by atoms with Crippen molar-refractivity contribution in [1.82, 2.24) is 10.6 Å². The Labute approximate surface area is 123 Å². The van der Waals surface area contributed by atoms with Crippen LogP contribution in [0.4, 0.5) is 4.79 Å². The van der Waals surface area contributed by atoms with Crippen LogP contribution in [-0.4, -0.2) is 18.0 Å². The van der Waals surface area contributed by atoms with Crippen molar-refractivity contribution in [2.45, 2.75) is 32.9 Å². The highest BCUT2D eigenvalue weighted by atomic mass is 35.5. The SMILES string of the molecule is CC[C@H](C)[C@H](NC(N)=O)C(=O)NCc1ccccc1Cl. The Morgan fingerprint density at radius 3 is 2.55 bits per heavy atom. The molecule has 0 unspecified atom stereocenters. The summed E-state index contributed by atoms with van der Waals surface area (Å²) in [5, 5.41) is 5.84. The first-order valence-electron chi connectivity index (χ1n) is 6.52. The highest BCUT2D eigenvalue weighted by Gasteiger charge is 2.24. The van der Waals surface area contributed by atoms with Crippen LogP contribution in [0, 0.1) is 5.92 Å². The van der Waals surface area contributed by atoms with Crippen LogP contribution in [0.5, 0.6) is 0 Å². The van der Waals surface area contributed by atoms with Crippen LogP contribution < -0.4 is 16.4 Å². The van der Waals surface area contributed by atoms with Gasteiger partial charge in [-0.05, 0) is 17.5 Å². The van der Waals surface area contributed by atoms with Crippen molar-refractivity contribution in [2.24, 2.45) is 11.7 Å². The lowest BCUT2D eigenvalue weighted by molar-refractivity contribution is -0.124. The van der Waals surface area contributed by atoms with Crippen LogP contribution in [0.1, 0.15) is 25.8 Å². The smallest absolute Gasteiger partial charge is 0.312 e. The van der Waals surface area contributed by atoms with E-state index in [0.29, 0.717) is 11.6 Å². The van der Waals surface area contributed by atoms with Gasteiger partial charge in [0.25, 0.3) is 0 Å². The minimum atomic E-state index is -0.705. The normalized spacial score (nSPS) is 13.3. The second-order valence-corrected chi connectivity index (χ2v) is 5.09. The number of nitrogens with one attached hydrogen (secondary N) is 2. The first-order valence-corrected chi connectivity index (χ1v) is 6.90. The van der Waals surface area contributed by atoms with Crippen LogP contribution in [0.2, 0.25) is 5.02 Å². The quantitative estimate of drug-likeness (QED) is 0.750. The van der Waals surface area contributed by atoms with E-state index in [-0.39, 0.29) is 11.8 Å². The highest BCUT2D eigenvalue weighted by molar-refractivity contribution is 6.31. The van der Waals surface area contributed by atoms with Gasteiger partial charge in [0.05, 0.1) is 0 Å². The fourth-order valence-electron chi connectivity index (χ4n) is 1.79. The summed E-state index contributed by atoms with van der Waals surface area (Å²) >= 11 is 6.02. The number of amides is 3. The average Bonchev–Trinajstić information content (AvgIpc) is 2.42. The van der Waals surface area contributed by atoms with E-state index in [0.717, 1.165) is 12.0 Å². The molecule has 0 aromatic heterocycles. The van der Waals surface area contributed by atoms with Gasteiger partial charge >= 0.3 is 6.03 Å². The van der Waals surface area contributed by atoms with Crippen molar-refractivity contribution < 1.29 is 9.59 Å². The van der Waals surface area contributed by atoms with Gasteiger partial charge in [-0.1, -0.05) is 50.1 Å². The summed E-state index contributed by atoms with van der Waals surface area (Å²) < 4.78 is 0. The standard InChI is InChI=1S/C14H20ClN3O2/c1-3-9(2)12(18-14(16)20)13(19)17-8-10-6-4-5-7-11(10)15/h4-7,9,12H,3,8H2,1-2H3,(H,17,19)(H3,16,18,20)/t9-,12-/m0/s1. The molecule has 0 spiro atoms. The van der Waals surface area contributed by atoms with E-state index in [1.54, 1.807) is 6.07 Å². The molecule has 0 aliphatic rings. The van der Waals surface area contributed by atoms with Gasteiger partial charge < -0.3 is 16.4 Å². The predicted octanol–water partition coefficient (Wildman–Crippen LogP) is 2.04. The summed E-state index contributed by atoms with van der Waals surface area (Å²) in [6.07, 6.45) is 0.754. The van der Waals surface area contributed by atoms with Crippen molar-refractivity contribution >= 4 is 23.5 Å². The summed E-state index contributed by atoms with van der Waals surface area (Å²) in [4.78, 5) is 23.1. The molecule has 0 aliphatic heterocycles. The van der Waals surface area contributed by atoms with E-state index < -0.39 is 12.1 Å². The molecule has 0 heterocycles. The molecule has 0 bridgehead atoms. The number of halogens is 1. The number of carbonyl (C=O) groups excluding carboxylic acids is 2. The number of hydrogen-bond acceptors (Lipinski definition) is 2. The number of carbonyl (C=O) groups is 2. The van der Waals surface area contributed by atoms with Gasteiger partial charge in [-0.25, -0.2) is 4.79 Å². The van der Waals surface area contributed by atoms with E-state index >= 15 is 0 Å². The number of nitrogens with two attached hydrogens (primary N) is 1. The van der Waals surface area contributed by atoms with E-state index in [9.17, 15) is 9.59 Å². The van der Waals surface area contributed by atoms with Crippen molar-refractivity contribution in [1.29, 1.82) is 0 Å². The van der Waals surface area contributed by atoms with Crippen LogP contribution >= 0.6 is 11.6 Å². The molecule has 1 aromatic carbocycles. The molecule has 2 atom stereocenters. The lowest BCUT2D eigenvalue weighted by Gasteiger charge is -2.22. The summed E-state index contributed by atoms with van der Waals surface area (Å²) in [5.41, 5.74) is 5.93. The third-order valence-corrected chi connectivity index (χ3v) is 3.57. The Balaban J connectivity index is 2.67. The van der Waals surface area contributed by atoms with E-state index in [2.05, 4.69) is 10.6 Å². The number of hydrogen-bond donors (Lipinski definition) is 3. The molecule has 0 radical (unpaired) electrons. The third-order valence-electron chi connectivity index (χ3n) is 3.20. The Kier molecular flexibility index (Phi) is 6.31. The minimum absolute atomic E-state index is 0.00579. The molecular weight excluding hydrogens is 278 g/mol. The summed E-state index contributed by atoms with van der Waals surface area (Å²) in [5.74, 6) is -0.271. The number of primary amides is 1. The molecule has 0 fully saturated rings. The van der Waals surface area contributed by atoms with E-state index in [4.69, 9.17) is 17.3 Å².